The lowest BCUT2D eigenvalue weighted by Gasteiger charge is -2.34. The van der Waals surface area contributed by atoms with Gasteiger partial charge < -0.3 is 25.0 Å². The maximum absolute atomic E-state index is 12.9. The third kappa shape index (κ3) is 5.60. The molecule has 0 unspecified atom stereocenters. The first-order chi connectivity index (χ1) is 14.4. The number of carbonyl (C=O) groups excluding carboxylic acids is 2. The average molecular weight is 434 g/mol. The number of amides is 2. The Bertz CT molecular complexity index is 796. The molecule has 3 rings (SSSR count). The fraction of sp³-hybridized carbons (Fsp3) is 0.696. The quantitative estimate of drug-likeness (QED) is 0.609. The summed E-state index contributed by atoms with van der Waals surface area (Å²) in [7, 11) is 0. The van der Waals surface area contributed by atoms with Crippen LogP contribution in [0.25, 0.3) is 0 Å². The number of rotatable bonds is 8. The van der Waals surface area contributed by atoms with Gasteiger partial charge in [0.1, 0.15) is 11.4 Å². The van der Waals surface area contributed by atoms with E-state index in [2.05, 4.69) is 24.1 Å². The first kappa shape index (κ1) is 23.2. The molecule has 0 aliphatic carbocycles. The minimum Gasteiger partial charge on any atom is -0.490 e. The van der Waals surface area contributed by atoms with Crippen LogP contribution in [0.2, 0.25) is 0 Å². The monoisotopic (exact) mass is 433 g/mol. The van der Waals surface area contributed by atoms with Gasteiger partial charge in [0, 0.05) is 37.4 Å². The van der Waals surface area contributed by atoms with E-state index in [1.54, 1.807) is 11.0 Å². The molecule has 0 radical (unpaired) electrons. The molecule has 0 aromatic carbocycles. The molecule has 0 bridgehead atoms. The number of carbonyl (C=O) groups is 3. The van der Waals surface area contributed by atoms with Crippen LogP contribution in [0.3, 0.4) is 0 Å². The van der Waals surface area contributed by atoms with Crippen LogP contribution >= 0.6 is 0 Å². The van der Waals surface area contributed by atoms with Crippen molar-refractivity contribution in [2.45, 2.75) is 84.0 Å². The number of ether oxygens (including phenoxy) is 1. The number of nitrogens with zero attached hydrogens (tertiary/aromatic N) is 2. The maximum atomic E-state index is 12.9. The van der Waals surface area contributed by atoms with Gasteiger partial charge in [-0.3, -0.25) is 14.4 Å². The van der Waals surface area contributed by atoms with Crippen LogP contribution < -0.4 is 5.32 Å². The van der Waals surface area contributed by atoms with Gasteiger partial charge in [-0.2, -0.15) is 0 Å². The van der Waals surface area contributed by atoms with Crippen LogP contribution in [0.5, 0.6) is 0 Å². The molecular weight excluding hydrogens is 398 g/mol. The molecule has 0 saturated carbocycles. The number of carboxylic acid groups (broad SMARTS) is 1. The first-order valence-corrected chi connectivity index (χ1v) is 11.2. The molecule has 0 spiro atoms. The van der Waals surface area contributed by atoms with Crippen LogP contribution in [0.15, 0.2) is 23.6 Å². The maximum Gasteiger partial charge on any atom is 0.303 e. The molecule has 2 amide bonds. The van der Waals surface area contributed by atoms with Crippen LogP contribution in [0, 0.1) is 5.92 Å². The van der Waals surface area contributed by atoms with Gasteiger partial charge in [-0.1, -0.05) is 13.8 Å². The molecule has 8 heteroatoms. The zero-order chi connectivity index (χ0) is 22.9. The zero-order valence-electron chi connectivity index (χ0n) is 19.2. The normalized spacial score (nSPS) is 26.5. The van der Waals surface area contributed by atoms with E-state index in [1.165, 1.54) is 6.08 Å². The van der Waals surface area contributed by atoms with Crippen LogP contribution in [0.1, 0.15) is 60.3 Å². The molecule has 0 aromatic rings. The summed E-state index contributed by atoms with van der Waals surface area (Å²) in [5.74, 6) is -0.0865. The highest BCUT2D eigenvalue weighted by atomic mass is 16.5. The number of nitrogens with one attached hydrogen (secondary N) is 1. The van der Waals surface area contributed by atoms with E-state index in [1.807, 2.05) is 20.8 Å². The highest BCUT2D eigenvalue weighted by Crippen LogP contribution is 2.34. The second-order valence-corrected chi connectivity index (χ2v) is 10.1. The van der Waals surface area contributed by atoms with Crippen molar-refractivity contribution >= 4 is 17.8 Å². The fourth-order valence-electron chi connectivity index (χ4n) is 4.70. The topological polar surface area (TPSA) is 99.2 Å². The minimum absolute atomic E-state index is 0.00115. The highest BCUT2D eigenvalue weighted by molar-refractivity contribution is 5.92. The van der Waals surface area contributed by atoms with Crippen molar-refractivity contribution in [2.75, 3.05) is 13.1 Å². The van der Waals surface area contributed by atoms with E-state index in [4.69, 9.17) is 4.74 Å². The molecule has 1 fully saturated rings. The summed E-state index contributed by atoms with van der Waals surface area (Å²) in [5, 5.41) is 12.2. The fourth-order valence-corrected chi connectivity index (χ4v) is 4.70. The van der Waals surface area contributed by atoms with Gasteiger partial charge in [-0.15, -0.1) is 0 Å². The largest absolute Gasteiger partial charge is 0.490 e. The van der Waals surface area contributed by atoms with Gasteiger partial charge in [0.15, 0.2) is 0 Å². The van der Waals surface area contributed by atoms with Gasteiger partial charge in [0.2, 0.25) is 5.91 Å². The Morgan fingerprint density at radius 3 is 2.61 bits per heavy atom. The summed E-state index contributed by atoms with van der Waals surface area (Å²) in [6, 6.07) is -0.433. The van der Waals surface area contributed by atoms with E-state index in [9.17, 15) is 19.5 Å². The molecule has 3 aliphatic rings. The van der Waals surface area contributed by atoms with E-state index < -0.39 is 11.6 Å². The zero-order valence-corrected chi connectivity index (χ0v) is 19.2. The second-order valence-electron chi connectivity index (χ2n) is 10.1. The molecule has 1 saturated heterocycles. The van der Waals surface area contributed by atoms with Crippen LogP contribution in [0.4, 0.5) is 0 Å². The van der Waals surface area contributed by atoms with E-state index in [0.717, 1.165) is 25.1 Å². The second kappa shape index (κ2) is 8.93. The summed E-state index contributed by atoms with van der Waals surface area (Å²) < 4.78 is 6.03. The highest BCUT2D eigenvalue weighted by Gasteiger charge is 2.43. The number of hydrogen-bond acceptors (Lipinski definition) is 5. The lowest BCUT2D eigenvalue weighted by Crippen LogP contribution is -2.46. The molecule has 31 heavy (non-hydrogen) atoms. The van der Waals surface area contributed by atoms with Crippen molar-refractivity contribution in [3.05, 3.63) is 23.6 Å². The van der Waals surface area contributed by atoms with Crippen LogP contribution in [-0.2, 0) is 19.1 Å². The summed E-state index contributed by atoms with van der Waals surface area (Å²) in [4.78, 5) is 40.1. The molecule has 2 N–H and O–H groups in total. The Hall–Kier alpha value is -2.51. The standard InChI is InChI=1S/C23H35N3O5/c1-14(2)10-16-18(11-20(27)24-16)25-9-8-15(13-25)26-17(6-7-22(29)30)19(12-21(26)28)31-23(3,4)5/h11-12,14-17H,6-10,13H2,1-5H3,(H,24,27)(H,29,30)/t15-,16-,17-/m0/s1. The Morgan fingerprint density at radius 1 is 1.29 bits per heavy atom. The predicted molar refractivity (Wildman–Crippen MR) is 116 cm³/mol. The third-order valence-corrected chi connectivity index (χ3v) is 5.82. The van der Waals surface area contributed by atoms with Crippen molar-refractivity contribution < 1.29 is 24.2 Å². The third-order valence-electron chi connectivity index (χ3n) is 5.82. The molecular formula is C23H35N3O5. The number of hydrogen-bond donors (Lipinski definition) is 2. The van der Waals surface area contributed by atoms with Gasteiger partial charge in [0.05, 0.1) is 18.1 Å². The van der Waals surface area contributed by atoms with Gasteiger partial charge in [-0.25, -0.2) is 0 Å². The summed E-state index contributed by atoms with van der Waals surface area (Å²) >= 11 is 0. The van der Waals surface area contributed by atoms with Crippen molar-refractivity contribution in [3.63, 3.8) is 0 Å². The van der Waals surface area contributed by atoms with Crippen molar-refractivity contribution in [3.8, 4) is 0 Å². The SMILES string of the molecule is CC(C)C[C@@H]1NC(=O)C=C1N1CC[C@H](N2C(=O)C=C(OC(C)(C)C)[C@@H]2CCC(=O)O)C1. The van der Waals surface area contributed by atoms with Crippen molar-refractivity contribution in [1.82, 2.24) is 15.1 Å². The average Bonchev–Trinajstić information content (AvgIpc) is 3.28. The van der Waals surface area contributed by atoms with E-state index in [0.29, 0.717) is 24.6 Å². The molecule has 0 aromatic heterocycles. The van der Waals surface area contributed by atoms with Crippen molar-refractivity contribution in [1.29, 1.82) is 0 Å². The predicted octanol–water partition coefficient (Wildman–Crippen LogP) is 2.26. The Kier molecular flexibility index (Phi) is 6.67. The number of aliphatic carboxylic acids is 1. The number of carboxylic acids is 1. The smallest absolute Gasteiger partial charge is 0.303 e. The molecule has 3 heterocycles. The van der Waals surface area contributed by atoms with Crippen LogP contribution in [-0.4, -0.2) is 69.5 Å². The molecule has 3 aliphatic heterocycles. The van der Waals surface area contributed by atoms with E-state index >= 15 is 0 Å². The lowest BCUT2D eigenvalue weighted by molar-refractivity contribution is -0.138. The van der Waals surface area contributed by atoms with E-state index in [-0.39, 0.29) is 36.4 Å². The summed E-state index contributed by atoms with van der Waals surface area (Å²) in [6.07, 6.45) is 5.12. The van der Waals surface area contributed by atoms with Gasteiger partial charge in [-0.05, 0) is 46.0 Å². The molecule has 8 nitrogen and oxygen atoms in total. The number of likely N-dealkylation sites (tertiary alicyclic amines) is 1. The molecule has 3 atom stereocenters. The lowest BCUT2D eigenvalue weighted by atomic mass is 10.0. The summed E-state index contributed by atoms with van der Waals surface area (Å²) in [5.41, 5.74) is 0.518. The Morgan fingerprint density at radius 2 is 2.00 bits per heavy atom. The van der Waals surface area contributed by atoms with Crippen molar-refractivity contribution in [2.24, 2.45) is 5.92 Å². The minimum atomic E-state index is -0.889. The van der Waals surface area contributed by atoms with Gasteiger partial charge >= 0.3 is 5.97 Å². The molecule has 172 valence electrons. The van der Waals surface area contributed by atoms with Gasteiger partial charge in [0.25, 0.3) is 5.91 Å². The first-order valence-electron chi connectivity index (χ1n) is 11.2. The Balaban J connectivity index is 1.75. The Labute approximate surface area is 184 Å². The summed E-state index contributed by atoms with van der Waals surface area (Å²) in [6.45, 7) is 11.4.